The van der Waals surface area contributed by atoms with Crippen molar-refractivity contribution in [3.63, 3.8) is 0 Å². The second-order valence-electron chi connectivity index (χ2n) is 26.9. The number of fused-ring (bicyclic) bond motifs is 14. The molecule has 1 aromatic rings. The zero-order valence-electron chi connectivity index (χ0n) is 58.4. The monoisotopic (exact) mass is 1420 g/mol. The first kappa shape index (κ1) is 82.6. The Bertz CT molecular complexity index is 3510. The molecular formula is C67H96N10O24. The van der Waals surface area contributed by atoms with Gasteiger partial charge >= 0.3 is 5.79 Å². The van der Waals surface area contributed by atoms with E-state index in [1.54, 1.807) is 19.9 Å². The fourth-order valence-corrected chi connectivity index (χ4v) is 11.8. The molecule has 9 amide bonds. The minimum absolute atomic E-state index is 0.0717. The van der Waals surface area contributed by atoms with Gasteiger partial charge in [-0.05, 0) is 57.4 Å². The van der Waals surface area contributed by atoms with Gasteiger partial charge in [-0.25, -0.2) is 0 Å². The summed E-state index contributed by atoms with van der Waals surface area (Å²) in [7, 11) is 0. The summed E-state index contributed by atoms with van der Waals surface area (Å²) in [6.07, 6.45) is -5.10. The van der Waals surface area contributed by atoms with E-state index in [1.165, 1.54) is 66.7 Å². The van der Waals surface area contributed by atoms with Crippen molar-refractivity contribution in [1.29, 1.82) is 0 Å². The largest absolute Gasteiger partial charge is 0.507 e. The maximum absolute atomic E-state index is 15.3. The number of aromatic hydroxyl groups is 1. The number of amides is 9. The Hall–Kier alpha value is -9.03. The van der Waals surface area contributed by atoms with Crippen LogP contribution in [0.5, 0.6) is 11.5 Å². The molecular weight excluding hydrogens is 1330 g/mol. The number of primary amides is 1. The highest BCUT2D eigenvalue weighted by Crippen LogP contribution is 2.49. The molecule has 20 atom stereocenters. The highest BCUT2D eigenvalue weighted by atomic mass is 16.7. The van der Waals surface area contributed by atoms with Crippen LogP contribution in [-0.4, -0.2) is 228 Å². The average molecular weight is 1430 g/mol. The number of benzene rings is 1. The number of β-amino-alcohol motifs (C(OH)–C–C–N with tert-alkyl or cyclic N) is 1. The minimum Gasteiger partial charge on any atom is -0.507 e. The minimum atomic E-state index is -2.55. The Morgan fingerprint density at radius 2 is 1.35 bits per heavy atom. The lowest BCUT2D eigenvalue weighted by Gasteiger charge is -2.37. The van der Waals surface area contributed by atoms with Crippen molar-refractivity contribution in [1.82, 2.24) is 47.9 Å². The Kier molecular flexibility index (Phi) is 28.7. The normalized spacial score (nSPS) is 31.7. The van der Waals surface area contributed by atoms with E-state index in [0.717, 1.165) is 13.2 Å². The van der Waals surface area contributed by atoms with Crippen LogP contribution in [0.25, 0.3) is 0 Å². The first-order valence-electron chi connectivity index (χ1n) is 33.0. The number of rotatable bonds is 13. The number of ether oxygens (including phenoxy) is 2. The summed E-state index contributed by atoms with van der Waals surface area (Å²) >= 11 is 0. The molecule has 1 saturated heterocycles. The molecule has 34 nitrogen and oxygen atoms in total. The van der Waals surface area contributed by atoms with Crippen molar-refractivity contribution in [3.8, 4) is 11.5 Å². The number of nitrogens with one attached hydrogen (secondary N) is 9. The number of nitrogens with two attached hydrogens (primary N) is 1. The van der Waals surface area contributed by atoms with Crippen LogP contribution in [0, 0.1) is 60.2 Å². The number of Topliss-reactive ketones (excluding diaryl/α,β-unsaturated/α-hetero) is 4. The molecule has 4 aliphatic heterocycles. The third-order valence-electron chi connectivity index (χ3n) is 19.3. The summed E-state index contributed by atoms with van der Waals surface area (Å²) in [5, 5.41) is 119. The highest BCUT2D eigenvalue weighted by molar-refractivity contribution is 6.32. The smallest absolute Gasteiger partial charge is 0.312 e. The molecule has 34 heteroatoms. The second kappa shape index (κ2) is 35.0. The van der Waals surface area contributed by atoms with Crippen LogP contribution in [0.2, 0.25) is 0 Å². The van der Waals surface area contributed by atoms with E-state index in [1.807, 2.05) is 26.1 Å². The molecule has 5 aliphatic rings. The maximum Gasteiger partial charge on any atom is 0.312 e. The number of ketones is 4. The van der Waals surface area contributed by atoms with E-state index in [-0.39, 0.29) is 28.7 Å². The van der Waals surface area contributed by atoms with Gasteiger partial charge in [0.25, 0.3) is 17.6 Å². The Labute approximate surface area is 582 Å². The van der Waals surface area contributed by atoms with Gasteiger partial charge in [-0.2, -0.15) is 0 Å². The molecule has 0 radical (unpaired) electrons. The summed E-state index contributed by atoms with van der Waals surface area (Å²) in [5.74, 6) is -26.0. The molecule has 0 saturated carbocycles. The Balaban J connectivity index is 1.53. The van der Waals surface area contributed by atoms with Crippen LogP contribution < -0.4 is 58.3 Å². The number of phenolic OH excluding ortho intramolecular Hbond substituents is 1. The van der Waals surface area contributed by atoms with Crippen LogP contribution >= 0.6 is 0 Å². The molecule has 558 valence electrons. The van der Waals surface area contributed by atoms with Crippen LogP contribution in [0.3, 0.4) is 0 Å². The van der Waals surface area contributed by atoms with E-state index in [9.17, 15) is 98.7 Å². The standard InChI is InChI=1S/C67H96N10O24/c1-25(2)37-19-40(81)39(24-79)74-63(96)38(73-42(83)22-71-64(97)41(82)21-70-65(98)46(35(12)80)75-66(99)49(77-62(37)95)55(89)56(90)59(68)92)20-69-61(94)31(8)34(11)72-47-48-54(88)44-43(53(47)87)45-57(33(10)52(44)86)101-67(13,58(45)91)100-18-17-36(23-78)29(6)28(5)30(7)51(85)32(9)50(84)26(3)15-14-16-27(4)60(93)76-48/h14-18,25-26,28-32,34-39,41,46,49-51,55-56,72,78-80,82,84-86,89-90H,19-24H2,1-13H3,(H2,68,92)(H,69,94)(H,70,98)(H,71,97)(H,73,83)(H,74,96)(H,75,99)(H,76,93)(H,77,95)/b15-14+,18-17+,27-16-/t26-,28+,29?,30-,31?,32+,34?,35?,36+,37?,38?,39?,41?,46?,49?,50-,51-,55?,56?,67-/m0/s1. The first-order valence-corrected chi connectivity index (χ1v) is 33.0. The molecule has 101 heavy (non-hydrogen) atoms. The third kappa shape index (κ3) is 19.1. The van der Waals surface area contributed by atoms with Gasteiger partial charge in [-0.3, -0.25) is 62.3 Å². The quantitative estimate of drug-likeness (QED) is 0.0883. The van der Waals surface area contributed by atoms with Crippen molar-refractivity contribution < 1.29 is 118 Å². The van der Waals surface area contributed by atoms with E-state index in [2.05, 4.69) is 42.5 Å². The third-order valence-corrected chi connectivity index (χ3v) is 19.3. The lowest BCUT2D eigenvalue weighted by Crippen LogP contribution is -2.63. The van der Waals surface area contributed by atoms with Crippen LogP contribution in [0.1, 0.15) is 126 Å². The van der Waals surface area contributed by atoms with Gasteiger partial charge in [0.15, 0.2) is 11.9 Å². The van der Waals surface area contributed by atoms with Gasteiger partial charge in [0.2, 0.25) is 52.9 Å². The predicted molar refractivity (Wildman–Crippen MR) is 354 cm³/mol. The van der Waals surface area contributed by atoms with E-state index in [0.29, 0.717) is 0 Å². The molecule has 0 spiro atoms. The van der Waals surface area contributed by atoms with E-state index >= 15 is 9.59 Å². The Morgan fingerprint density at radius 3 is 1.94 bits per heavy atom. The van der Waals surface area contributed by atoms with Gasteiger partial charge in [-0.1, -0.05) is 73.6 Å². The van der Waals surface area contributed by atoms with Gasteiger partial charge < -0.3 is 109 Å². The van der Waals surface area contributed by atoms with Crippen LogP contribution in [0.4, 0.5) is 0 Å². The van der Waals surface area contributed by atoms with Crippen molar-refractivity contribution in [2.45, 2.75) is 169 Å². The van der Waals surface area contributed by atoms with Gasteiger partial charge in [0.05, 0.1) is 66.9 Å². The van der Waals surface area contributed by atoms with Gasteiger partial charge in [0, 0.05) is 67.3 Å². The van der Waals surface area contributed by atoms with Crippen LogP contribution in [0.15, 0.2) is 47.5 Å². The molecule has 6 rings (SSSR count). The summed E-state index contributed by atoms with van der Waals surface area (Å²) in [6.45, 7) is 14.8. The first-order chi connectivity index (χ1) is 47.1. The SMILES string of the molecule is C/C1=C/C=C/[C@H](C)[C@H](O)[C@@H](C)[C@@H](O)[C@@H](C)[C@H](C)C(C)[C@@H](CO)/C=C/O[C@@]2(C)Oc3c(C)c(O)c4c(c3C2=O)C(=O)C(NC(C)C(C)C(=O)NCC2NC(=O)CNC(=O)C(O)CNC(=O)C(C(C)O)NC(=O)C(C(O)C(O)C(N)=O)NC(=O)C(C(C)C)CC(=O)C(CO)NC2=O)=C(NC1=O)C4=O. The zero-order valence-corrected chi connectivity index (χ0v) is 58.4. The molecule has 1 aromatic carbocycles. The molecule has 5 bridgehead atoms. The topological polar surface area (TPSA) is 557 Å². The van der Waals surface area contributed by atoms with Gasteiger partial charge in [0.1, 0.15) is 59.3 Å². The fourth-order valence-electron chi connectivity index (χ4n) is 11.8. The van der Waals surface area contributed by atoms with Crippen molar-refractivity contribution in [3.05, 3.63) is 69.8 Å². The number of phenols is 1. The number of allylic oxidation sites excluding steroid dienone is 4. The van der Waals surface area contributed by atoms with E-state index < -0.39 is 263 Å². The molecule has 1 fully saturated rings. The molecule has 20 N–H and O–H groups in total. The zero-order chi connectivity index (χ0) is 76.3. The average Bonchev–Trinajstić information content (AvgIpc) is 1.63. The predicted octanol–water partition coefficient (Wildman–Crippen LogP) is -4.66. The lowest BCUT2D eigenvalue weighted by molar-refractivity contribution is -0.144. The van der Waals surface area contributed by atoms with E-state index in [4.69, 9.17) is 15.2 Å². The number of carbonyl (C=O) groups is 13. The number of hydrogen-bond acceptors (Lipinski definition) is 25. The van der Waals surface area contributed by atoms with Crippen molar-refractivity contribution in [2.24, 2.45) is 59.0 Å². The van der Waals surface area contributed by atoms with Crippen LogP contribution in [-0.2, 0) is 52.7 Å². The lowest BCUT2D eigenvalue weighted by atomic mass is 9.72. The molecule has 12 unspecified atom stereocenters. The number of carbonyl (C=O) groups excluding carboxylic acids is 13. The van der Waals surface area contributed by atoms with Gasteiger partial charge in [-0.15, -0.1) is 0 Å². The summed E-state index contributed by atoms with van der Waals surface area (Å²) in [4.78, 5) is 182. The highest BCUT2D eigenvalue weighted by Gasteiger charge is 2.53. The molecule has 0 aromatic heterocycles. The summed E-state index contributed by atoms with van der Waals surface area (Å²) in [6, 6.07) is -9.54. The van der Waals surface area contributed by atoms with Crippen molar-refractivity contribution >= 4 is 76.3 Å². The Morgan fingerprint density at radius 1 is 0.713 bits per heavy atom. The maximum atomic E-state index is 15.3. The summed E-state index contributed by atoms with van der Waals surface area (Å²) < 4.78 is 12.1. The second-order valence-corrected chi connectivity index (χ2v) is 26.9. The molecule has 4 heterocycles. The number of aliphatic hydroxyl groups is 8. The number of aliphatic hydroxyl groups excluding tert-OH is 8. The summed E-state index contributed by atoms with van der Waals surface area (Å²) in [5.41, 5.74) is 1.50. The number of hydrogen-bond donors (Lipinski definition) is 19. The fraction of sp³-hybridized carbons (Fsp3) is 0.597. The molecule has 1 aliphatic carbocycles. The van der Waals surface area contributed by atoms with Crippen molar-refractivity contribution in [2.75, 3.05) is 32.8 Å².